The predicted octanol–water partition coefficient (Wildman–Crippen LogP) is 6.38. The Hall–Kier alpha value is -4.84. The van der Waals surface area contributed by atoms with Gasteiger partial charge < -0.3 is 19.8 Å². The van der Waals surface area contributed by atoms with Crippen LogP contribution in [0.1, 0.15) is 11.1 Å². The van der Waals surface area contributed by atoms with Crippen molar-refractivity contribution >= 4 is 33.5 Å². The summed E-state index contributed by atoms with van der Waals surface area (Å²) >= 11 is 0. The van der Waals surface area contributed by atoms with Crippen LogP contribution < -0.4 is 0 Å². The molecular formula is C32H28N6. The summed E-state index contributed by atoms with van der Waals surface area (Å²) in [6.07, 6.45) is 8.43. The Morgan fingerprint density at radius 1 is 0.526 bits per heavy atom. The van der Waals surface area contributed by atoms with Gasteiger partial charge in [-0.3, -0.25) is 10.8 Å². The maximum absolute atomic E-state index is 8.54. The van der Waals surface area contributed by atoms with E-state index < -0.39 is 0 Å². The van der Waals surface area contributed by atoms with Crippen LogP contribution in [0.3, 0.4) is 0 Å². The molecule has 2 aromatic heterocycles. The van der Waals surface area contributed by atoms with Crippen molar-refractivity contribution in [1.82, 2.24) is 19.8 Å². The van der Waals surface area contributed by atoms with E-state index in [1.807, 2.05) is 12.1 Å². The van der Waals surface area contributed by atoms with Crippen LogP contribution in [0.15, 0.2) is 97.1 Å². The standard InChI is InChI=1S/C32H28N6/c33-31(37-13-1-2-14-37)25-11-9-23-17-27(35-29(23)19-25)21-5-7-22(8-6-21)28-18-24-10-12-26(20-30(24)36-28)32(34)38-15-3-4-16-38/h1-12,17-20,33-36H,13-16H2. The van der Waals surface area contributed by atoms with E-state index in [4.69, 9.17) is 10.8 Å². The Morgan fingerprint density at radius 2 is 0.921 bits per heavy atom. The summed E-state index contributed by atoms with van der Waals surface area (Å²) in [5.74, 6) is 1.13. The molecular weight excluding hydrogens is 468 g/mol. The minimum absolute atomic E-state index is 0.563. The van der Waals surface area contributed by atoms with E-state index in [1.54, 1.807) is 0 Å². The van der Waals surface area contributed by atoms with Gasteiger partial charge in [0.1, 0.15) is 11.7 Å². The number of hydrogen-bond donors (Lipinski definition) is 4. The van der Waals surface area contributed by atoms with Crippen LogP contribution in [0, 0.1) is 10.8 Å². The molecule has 0 fully saturated rings. The molecule has 0 spiro atoms. The van der Waals surface area contributed by atoms with Gasteiger partial charge in [0.25, 0.3) is 0 Å². The molecule has 3 aromatic carbocycles. The van der Waals surface area contributed by atoms with Gasteiger partial charge in [-0.15, -0.1) is 0 Å². The Balaban J connectivity index is 1.13. The molecule has 6 heteroatoms. The van der Waals surface area contributed by atoms with Gasteiger partial charge in [0.15, 0.2) is 0 Å². The van der Waals surface area contributed by atoms with Gasteiger partial charge >= 0.3 is 0 Å². The number of nitrogens with zero attached hydrogens (tertiary/aromatic N) is 2. The molecule has 2 aliphatic heterocycles. The van der Waals surface area contributed by atoms with Crippen LogP contribution in [0.5, 0.6) is 0 Å². The average molecular weight is 497 g/mol. The Bertz CT molecular complexity index is 1620. The van der Waals surface area contributed by atoms with Crippen LogP contribution >= 0.6 is 0 Å². The highest BCUT2D eigenvalue weighted by Gasteiger charge is 2.15. The molecule has 7 rings (SSSR count). The van der Waals surface area contributed by atoms with Crippen LogP contribution in [0.2, 0.25) is 0 Å². The quantitative estimate of drug-likeness (QED) is 0.132. The first kappa shape index (κ1) is 22.4. The van der Waals surface area contributed by atoms with Crippen molar-refractivity contribution in [2.45, 2.75) is 0 Å². The number of fused-ring (bicyclic) bond motifs is 2. The smallest absolute Gasteiger partial charge is 0.128 e. The number of aromatic nitrogens is 2. The molecule has 0 aliphatic carbocycles. The van der Waals surface area contributed by atoms with Gasteiger partial charge in [0, 0.05) is 70.5 Å². The number of rotatable bonds is 4. The van der Waals surface area contributed by atoms with Crippen molar-refractivity contribution in [3.63, 3.8) is 0 Å². The Morgan fingerprint density at radius 3 is 1.32 bits per heavy atom. The minimum Gasteiger partial charge on any atom is -0.355 e. The Kier molecular flexibility index (Phi) is 5.25. The molecule has 0 saturated heterocycles. The minimum atomic E-state index is 0.563. The molecule has 2 aliphatic rings. The maximum atomic E-state index is 8.54. The zero-order valence-corrected chi connectivity index (χ0v) is 21.0. The Labute approximate surface area is 220 Å². The highest BCUT2D eigenvalue weighted by atomic mass is 15.2. The summed E-state index contributed by atoms with van der Waals surface area (Å²) in [6, 6.07) is 25.3. The fourth-order valence-corrected chi connectivity index (χ4v) is 5.38. The molecule has 4 N–H and O–H groups in total. The van der Waals surface area contributed by atoms with E-state index in [-0.39, 0.29) is 0 Å². The number of hydrogen-bond acceptors (Lipinski definition) is 2. The van der Waals surface area contributed by atoms with Gasteiger partial charge in [0.05, 0.1) is 0 Å². The van der Waals surface area contributed by atoms with E-state index in [9.17, 15) is 0 Å². The van der Waals surface area contributed by atoms with Gasteiger partial charge in [0.2, 0.25) is 0 Å². The molecule has 0 saturated carbocycles. The predicted molar refractivity (Wildman–Crippen MR) is 156 cm³/mol. The van der Waals surface area contributed by atoms with Crippen molar-refractivity contribution in [2.75, 3.05) is 26.2 Å². The third-order valence-electron chi connectivity index (χ3n) is 7.57. The SMILES string of the molecule is N=C(c1ccc2cc(-c3ccc(-c4cc5ccc(C(=N)N6CC=CC6)cc5[nH]4)cc3)[nH]c2c1)N1CC=CC1. The molecule has 0 unspecified atom stereocenters. The van der Waals surface area contributed by atoms with Crippen LogP contribution in [0.25, 0.3) is 44.3 Å². The van der Waals surface area contributed by atoms with E-state index in [0.717, 1.165) is 81.6 Å². The molecule has 0 amide bonds. The molecule has 4 heterocycles. The lowest BCUT2D eigenvalue weighted by molar-refractivity contribution is 0.538. The maximum Gasteiger partial charge on any atom is 0.128 e. The average Bonchev–Trinajstić information content (AvgIpc) is 3.77. The summed E-state index contributed by atoms with van der Waals surface area (Å²) in [5, 5.41) is 19.4. The fourth-order valence-electron chi connectivity index (χ4n) is 5.38. The number of nitrogens with one attached hydrogen (secondary N) is 4. The number of aromatic amines is 2. The van der Waals surface area contributed by atoms with Gasteiger partial charge in [-0.05, 0) is 35.4 Å². The summed E-state index contributed by atoms with van der Waals surface area (Å²) in [7, 11) is 0. The van der Waals surface area contributed by atoms with Crippen molar-refractivity contribution in [3.05, 3.63) is 108 Å². The fraction of sp³-hybridized carbons (Fsp3) is 0.125. The molecule has 0 radical (unpaired) electrons. The highest BCUT2D eigenvalue weighted by molar-refractivity contribution is 6.01. The van der Waals surface area contributed by atoms with Gasteiger partial charge in [-0.2, -0.15) is 0 Å². The zero-order valence-electron chi connectivity index (χ0n) is 21.0. The first-order chi connectivity index (χ1) is 18.6. The molecule has 0 bridgehead atoms. The molecule has 186 valence electrons. The summed E-state index contributed by atoms with van der Waals surface area (Å²) < 4.78 is 0. The lowest BCUT2D eigenvalue weighted by atomic mass is 10.1. The third-order valence-corrected chi connectivity index (χ3v) is 7.57. The number of H-pyrrole nitrogens is 2. The van der Waals surface area contributed by atoms with Gasteiger partial charge in [-0.1, -0.05) is 72.8 Å². The number of benzene rings is 3. The van der Waals surface area contributed by atoms with Crippen molar-refractivity contribution in [2.24, 2.45) is 0 Å². The molecule has 0 atom stereocenters. The van der Waals surface area contributed by atoms with Crippen LogP contribution in [-0.4, -0.2) is 57.6 Å². The van der Waals surface area contributed by atoms with E-state index in [1.165, 1.54) is 0 Å². The van der Waals surface area contributed by atoms with Crippen molar-refractivity contribution in [3.8, 4) is 22.5 Å². The van der Waals surface area contributed by atoms with Crippen LogP contribution in [-0.2, 0) is 0 Å². The first-order valence-electron chi connectivity index (χ1n) is 13.0. The second-order valence-corrected chi connectivity index (χ2v) is 10.00. The zero-order chi connectivity index (χ0) is 25.6. The molecule has 38 heavy (non-hydrogen) atoms. The lowest BCUT2D eigenvalue weighted by Gasteiger charge is -2.18. The van der Waals surface area contributed by atoms with E-state index in [2.05, 4.69) is 105 Å². The molecule has 5 aromatic rings. The molecule has 6 nitrogen and oxygen atoms in total. The summed E-state index contributed by atoms with van der Waals surface area (Å²) in [6.45, 7) is 3.21. The third kappa shape index (κ3) is 3.91. The highest BCUT2D eigenvalue weighted by Crippen LogP contribution is 2.30. The summed E-state index contributed by atoms with van der Waals surface area (Å²) in [5.41, 5.74) is 8.31. The van der Waals surface area contributed by atoms with Gasteiger partial charge in [-0.25, -0.2) is 0 Å². The van der Waals surface area contributed by atoms with Crippen LogP contribution in [0.4, 0.5) is 0 Å². The number of amidine groups is 2. The van der Waals surface area contributed by atoms with Crippen molar-refractivity contribution in [1.29, 1.82) is 10.8 Å². The van der Waals surface area contributed by atoms with E-state index >= 15 is 0 Å². The summed E-state index contributed by atoms with van der Waals surface area (Å²) in [4.78, 5) is 11.2. The second kappa shape index (κ2) is 8.92. The van der Waals surface area contributed by atoms with Crippen molar-refractivity contribution < 1.29 is 0 Å². The normalized spacial score (nSPS) is 14.8. The topological polar surface area (TPSA) is 85.8 Å². The lowest BCUT2D eigenvalue weighted by Crippen LogP contribution is -2.28. The first-order valence-corrected chi connectivity index (χ1v) is 13.0. The monoisotopic (exact) mass is 496 g/mol. The second-order valence-electron chi connectivity index (χ2n) is 10.00. The van der Waals surface area contributed by atoms with E-state index in [0.29, 0.717) is 11.7 Å². The largest absolute Gasteiger partial charge is 0.355 e.